The minimum absolute atomic E-state index is 0.318. The van der Waals surface area contributed by atoms with Crippen LogP contribution in [0, 0.1) is 5.41 Å². The van der Waals surface area contributed by atoms with Gasteiger partial charge in [0.2, 0.25) is 0 Å². The molecule has 0 bridgehead atoms. The zero-order valence-corrected chi connectivity index (χ0v) is 12.2. The lowest BCUT2D eigenvalue weighted by Crippen LogP contribution is -2.49. The molecule has 1 aliphatic rings. The van der Waals surface area contributed by atoms with Crippen LogP contribution in [0.4, 0.5) is 0 Å². The van der Waals surface area contributed by atoms with Crippen LogP contribution < -0.4 is 5.32 Å². The van der Waals surface area contributed by atoms with Gasteiger partial charge in [-0.15, -0.1) is 0 Å². The SMILES string of the molecule is CC(C)(C)[C@H](NC(=O)c1ccc2c(c1)CCC2)C(=O)O. The van der Waals surface area contributed by atoms with Gasteiger partial charge in [-0.3, -0.25) is 4.79 Å². The number of hydrogen-bond donors (Lipinski definition) is 2. The summed E-state index contributed by atoms with van der Waals surface area (Å²) in [5.41, 5.74) is 2.52. The molecular formula is C16H21NO3. The van der Waals surface area contributed by atoms with Crippen molar-refractivity contribution in [3.63, 3.8) is 0 Å². The number of rotatable bonds is 3. The number of aryl methyl sites for hydroxylation is 2. The molecule has 108 valence electrons. The van der Waals surface area contributed by atoms with Gasteiger partial charge in [0.05, 0.1) is 0 Å². The molecule has 1 aromatic rings. The zero-order chi connectivity index (χ0) is 14.9. The third-order valence-corrected chi connectivity index (χ3v) is 3.75. The Balaban J connectivity index is 2.17. The Bertz CT molecular complexity index is 543. The summed E-state index contributed by atoms with van der Waals surface area (Å²) in [5.74, 6) is -1.32. The Hall–Kier alpha value is -1.84. The maximum Gasteiger partial charge on any atom is 0.326 e. The summed E-state index contributed by atoms with van der Waals surface area (Å²) in [4.78, 5) is 23.5. The molecule has 0 radical (unpaired) electrons. The monoisotopic (exact) mass is 275 g/mol. The lowest BCUT2D eigenvalue weighted by molar-refractivity contribution is -0.142. The number of carboxylic acid groups (broad SMARTS) is 1. The summed E-state index contributed by atoms with van der Waals surface area (Å²) >= 11 is 0. The van der Waals surface area contributed by atoms with Crippen LogP contribution in [0.2, 0.25) is 0 Å². The smallest absolute Gasteiger partial charge is 0.326 e. The highest BCUT2D eigenvalue weighted by Gasteiger charge is 2.32. The number of carbonyl (C=O) groups excluding carboxylic acids is 1. The molecule has 0 aliphatic heterocycles. The van der Waals surface area contributed by atoms with Gasteiger partial charge in [-0.05, 0) is 47.9 Å². The first-order chi connectivity index (χ1) is 9.29. The van der Waals surface area contributed by atoms with E-state index in [0.29, 0.717) is 5.56 Å². The molecule has 4 nitrogen and oxygen atoms in total. The lowest BCUT2D eigenvalue weighted by Gasteiger charge is -2.27. The summed E-state index contributed by atoms with van der Waals surface area (Å²) in [5, 5.41) is 11.9. The number of benzene rings is 1. The van der Waals surface area contributed by atoms with Crippen molar-refractivity contribution in [1.29, 1.82) is 0 Å². The van der Waals surface area contributed by atoms with E-state index in [2.05, 4.69) is 5.32 Å². The minimum Gasteiger partial charge on any atom is -0.480 e. The summed E-state index contributed by atoms with van der Waals surface area (Å²) < 4.78 is 0. The first-order valence-electron chi connectivity index (χ1n) is 6.94. The van der Waals surface area contributed by atoms with E-state index in [0.717, 1.165) is 19.3 Å². The molecule has 0 heterocycles. The van der Waals surface area contributed by atoms with Gasteiger partial charge in [0.1, 0.15) is 6.04 Å². The van der Waals surface area contributed by atoms with Gasteiger partial charge in [-0.1, -0.05) is 26.8 Å². The Morgan fingerprint density at radius 3 is 2.45 bits per heavy atom. The average molecular weight is 275 g/mol. The van der Waals surface area contributed by atoms with E-state index in [1.165, 1.54) is 11.1 Å². The van der Waals surface area contributed by atoms with E-state index >= 15 is 0 Å². The first kappa shape index (κ1) is 14.6. The second-order valence-corrected chi connectivity index (χ2v) is 6.45. The molecule has 1 amide bonds. The van der Waals surface area contributed by atoms with E-state index in [4.69, 9.17) is 0 Å². The van der Waals surface area contributed by atoms with Crippen LogP contribution >= 0.6 is 0 Å². The average Bonchev–Trinajstić information content (AvgIpc) is 2.80. The highest BCUT2D eigenvalue weighted by Crippen LogP contribution is 2.24. The number of aliphatic carboxylic acids is 1. The summed E-state index contributed by atoms with van der Waals surface area (Å²) in [7, 11) is 0. The van der Waals surface area contributed by atoms with Crippen LogP contribution in [-0.4, -0.2) is 23.0 Å². The van der Waals surface area contributed by atoms with Crippen LogP contribution in [0.1, 0.15) is 48.7 Å². The topological polar surface area (TPSA) is 66.4 Å². The molecular weight excluding hydrogens is 254 g/mol. The summed E-state index contributed by atoms with van der Waals surface area (Å²) in [6.45, 7) is 5.40. The minimum atomic E-state index is -1.01. The van der Waals surface area contributed by atoms with Crippen LogP contribution in [0.25, 0.3) is 0 Å². The molecule has 0 spiro atoms. The van der Waals surface area contributed by atoms with Crippen molar-refractivity contribution in [2.75, 3.05) is 0 Å². The molecule has 20 heavy (non-hydrogen) atoms. The molecule has 0 saturated carbocycles. The van der Waals surface area contributed by atoms with Gasteiger partial charge in [-0.2, -0.15) is 0 Å². The van der Waals surface area contributed by atoms with E-state index < -0.39 is 17.4 Å². The summed E-state index contributed by atoms with van der Waals surface area (Å²) in [6, 6.07) is 4.74. The standard InChI is InChI=1S/C16H21NO3/c1-16(2,3)13(15(19)20)17-14(18)12-8-7-10-5-4-6-11(10)9-12/h7-9,13H,4-6H2,1-3H3,(H,17,18)(H,19,20)/t13-/m1/s1. The Labute approximate surface area is 119 Å². The van der Waals surface area contributed by atoms with Gasteiger partial charge in [-0.25, -0.2) is 4.79 Å². The molecule has 0 fully saturated rings. The highest BCUT2D eigenvalue weighted by atomic mass is 16.4. The maximum absolute atomic E-state index is 12.2. The first-order valence-corrected chi connectivity index (χ1v) is 6.94. The molecule has 1 aromatic carbocycles. The molecule has 0 unspecified atom stereocenters. The van der Waals surface area contributed by atoms with Gasteiger partial charge < -0.3 is 10.4 Å². The quantitative estimate of drug-likeness (QED) is 0.890. The molecule has 0 saturated heterocycles. The van der Waals surface area contributed by atoms with Gasteiger partial charge in [0.25, 0.3) is 5.91 Å². The third kappa shape index (κ3) is 3.00. The second-order valence-electron chi connectivity index (χ2n) is 6.45. The largest absolute Gasteiger partial charge is 0.480 e. The number of carboxylic acids is 1. The van der Waals surface area contributed by atoms with Crippen LogP contribution in [0.15, 0.2) is 18.2 Å². The number of fused-ring (bicyclic) bond motifs is 1. The van der Waals surface area contributed by atoms with Crippen molar-refractivity contribution >= 4 is 11.9 Å². The molecule has 2 rings (SSSR count). The highest BCUT2D eigenvalue weighted by molar-refractivity contribution is 5.97. The molecule has 4 heteroatoms. The maximum atomic E-state index is 12.2. The Morgan fingerprint density at radius 1 is 1.20 bits per heavy atom. The molecule has 0 aromatic heterocycles. The third-order valence-electron chi connectivity index (χ3n) is 3.75. The predicted octanol–water partition coefficient (Wildman–Crippen LogP) is 2.40. The van der Waals surface area contributed by atoms with E-state index in [1.807, 2.05) is 12.1 Å². The zero-order valence-electron chi connectivity index (χ0n) is 12.2. The second kappa shape index (κ2) is 5.27. The van der Waals surface area contributed by atoms with Crippen LogP contribution in [-0.2, 0) is 17.6 Å². The lowest BCUT2D eigenvalue weighted by atomic mass is 9.86. The number of hydrogen-bond acceptors (Lipinski definition) is 2. The molecule has 1 atom stereocenters. The van der Waals surface area contributed by atoms with Gasteiger partial charge in [0, 0.05) is 5.56 Å². The number of amides is 1. The van der Waals surface area contributed by atoms with Crippen molar-refractivity contribution < 1.29 is 14.7 Å². The van der Waals surface area contributed by atoms with Crippen molar-refractivity contribution in [2.45, 2.75) is 46.1 Å². The normalized spacial score (nSPS) is 15.6. The summed E-state index contributed by atoms with van der Waals surface area (Å²) in [6.07, 6.45) is 3.19. The molecule has 1 aliphatic carbocycles. The van der Waals surface area contributed by atoms with Crippen molar-refractivity contribution in [1.82, 2.24) is 5.32 Å². The number of carbonyl (C=O) groups is 2. The van der Waals surface area contributed by atoms with Crippen LogP contribution in [0.5, 0.6) is 0 Å². The fourth-order valence-electron chi connectivity index (χ4n) is 2.58. The van der Waals surface area contributed by atoms with Crippen molar-refractivity contribution in [3.8, 4) is 0 Å². The van der Waals surface area contributed by atoms with E-state index in [9.17, 15) is 14.7 Å². The Kier molecular flexibility index (Phi) is 3.84. The van der Waals surface area contributed by atoms with Crippen molar-refractivity contribution in [3.05, 3.63) is 34.9 Å². The fourth-order valence-corrected chi connectivity index (χ4v) is 2.58. The number of nitrogens with one attached hydrogen (secondary N) is 1. The van der Waals surface area contributed by atoms with Crippen molar-refractivity contribution in [2.24, 2.45) is 5.41 Å². The van der Waals surface area contributed by atoms with E-state index in [1.54, 1.807) is 26.8 Å². The fraction of sp³-hybridized carbons (Fsp3) is 0.500. The van der Waals surface area contributed by atoms with Gasteiger partial charge >= 0.3 is 5.97 Å². The Morgan fingerprint density at radius 2 is 1.85 bits per heavy atom. The van der Waals surface area contributed by atoms with Gasteiger partial charge in [0.15, 0.2) is 0 Å². The van der Waals surface area contributed by atoms with E-state index in [-0.39, 0.29) is 5.91 Å². The van der Waals surface area contributed by atoms with Crippen LogP contribution in [0.3, 0.4) is 0 Å². The molecule has 2 N–H and O–H groups in total. The predicted molar refractivity (Wildman–Crippen MR) is 76.8 cm³/mol.